The zero-order valence-corrected chi connectivity index (χ0v) is 8.78. The number of methoxy groups -OCH3 is 1. The van der Waals surface area contributed by atoms with Crippen LogP contribution in [0.15, 0.2) is 5.16 Å². The van der Waals surface area contributed by atoms with Gasteiger partial charge in [-0.1, -0.05) is 5.16 Å². The van der Waals surface area contributed by atoms with Crippen molar-refractivity contribution in [2.75, 3.05) is 20.3 Å². The molecule has 15 heavy (non-hydrogen) atoms. The number of rotatable bonds is 6. The molecular weight excluding hydrogens is 202 g/mol. The number of carbonyl (C=O) groups is 2. The van der Waals surface area contributed by atoms with E-state index in [2.05, 4.69) is 15.3 Å². The number of oxime groups is 1. The van der Waals surface area contributed by atoms with E-state index in [1.807, 2.05) is 0 Å². The van der Waals surface area contributed by atoms with Gasteiger partial charge in [0.2, 0.25) is 5.91 Å². The third kappa shape index (κ3) is 8.69. The van der Waals surface area contributed by atoms with Gasteiger partial charge in [-0.05, 0) is 0 Å². The highest BCUT2D eigenvalue weighted by Gasteiger charge is 2.04. The lowest BCUT2D eigenvalue weighted by molar-refractivity contribution is -0.141. The maximum atomic E-state index is 11.1. The fraction of sp³-hybridized carbons (Fsp3) is 0.625. The molecule has 0 radical (unpaired) electrons. The van der Waals surface area contributed by atoms with Crippen LogP contribution >= 0.6 is 0 Å². The first-order valence-electron chi connectivity index (χ1n) is 4.31. The van der Waals surface area contributed by atoms with E-state index in [9.17, 15) is 9.59 Å². The fourth-order valence-electron chi connectivity index (χ4n) is 0.675. The molecule has 0 aromatic heterocycles. The number of nitrogens with two attached hydrogens (primary N) is 1. The van der Waals surface area contributed by atoms with Crippen molar-refractivity contribution < 1.29 is 19.2 Å². The Balaban J connectivity index is 3.75. The van der Waals surface area contributed by atoms with Crippen LogP contribution in [0.4, 0.5) is 0 Å². The summed E-state index contributed by atoms with van der Waals surface area (Å²) in [6, 6.07) is 0. The fourth-order valence-corrected chi connectivity index (χ4v) is 0.675. The van der Waals surface area contributed by atoms with Crippen LogP contribution in [0.3, 0.4) is 0 Å². The molecular formula is C8H15N3O4. The Hall–Kier alpha value is -1.63. The van der Waals surface area contributed by atoms with Crippen molar-refractivity contribution in [2.45, 2.75) is 13.3 Å². The van der Waals surface area contributed by atoms with Gasteiger partial charge in [0.15, 0.2) is 0 Å². The maximum absolute atomic E-state index is 11.1. The molecule has 3 N–H and O–H groups in total. The quantitative estimate of drug-likeness (QED) is 0.195. The van der Waals surface area contributed by atoms with Crippen LogP contribution in [-0.2, 0) is 19.2 Å². The normalized spacial score (nSPS) is 10.9. The number of amidine groups is 1. The van der Waals surface area contributed by atoms with Crippen LogP contribution in [0.25, 0.3) is 0 Å². The monoisotopic (exact) mass is 217 g/mol. The van der Waals surface area contributed by atoms with E-state index in [-0.39, 0.29) is 18.2 Å². The number of nitrogens with one attached hydrogen (secondary N) is 1. The van der Waals surface area contributed by atoms with Crippen LogP contribution in [0.5, 0.6) is 0 Å². The second kappa shape index (κ2) is 7.74. The molecule has 0 aromatic rings. The molecule has 0 saturated carbocycles. The van der Waals surface area contributed by atoms with Crippen LogP contribution < -0.4 is 11.1 Å². The number of amides is 1. The van der Waals surface area contributed by atoms with Crippen molar-refractivity contribution >= 4 is 17.7 Å². The minimum atomic E-state index is -0.585. The molecule has 1 amide bonds. The first kappa shape index (κ1) is 13.4. The smallest absolute Gasteiger partial charge is 0.332 e. The molecule has 0 spiro atoms. The van der Waals surface area contributed by atoms with Gasteiger partial charge in [0.25, 0.3) is 0 Å². The van der Waals surface area contributed by atoms with E-state index in [1.54, 1.807) is 0 Å². The SMILES string of the molecule is COCCNC(=O)C/C(N)=N/OC(C)=O. The van der Waals surface area contributed by atoms with Crippen LogP contribution in [0.2, 0.25) is 0 Å². The Kier molecular flexibility index (Phi) is 6.90. The van der Waals surface area contributed by atoms with Crippen molar-refractivity contribution in [3.05, 3.63) is 0 Å². The summed E-state index contributed by atoms with van der Waals surface area (Å²) < 4.78 is 4.73. The van der Waals surface area contributed by atoms with Gasteiger partial charge in [-0.2, -0.15) is 0 Å². The van der Waals surface area contributed by atoms with E-state index >= 15 is 0 Å². The van der Waals surface area contributed by atoms with E-state index in [0.717, 1.165) is 0 Å². The highest BCUT2D eigenvalue weighted by Crippen LogP contribution is 1.84. The summed E-state index contributed by atoms with van der Waals surface area (Å²) in [5, 5.41) is 5.78. The third-order valence-corrected chi connectivity index (χ3v) is 1.26. The summed E-state index contributed by atoms with van der Waals surface area (Å²) >= 11 is 0. The average molecular weight is 217 g/mol. The second-order valence-corrected chi connectivity index (χ2v) is 2.69. The Morgan fingerprint density at radius 1 is 1.47 bits per heavy atom. The highest BCUT2D eigenvalue weighted by atomic mass is 16.7. The van der Waals surface area contributed by atoms with Crippen molar-refractivity contribution in [1.29, 1.82) is 0 Å². The Bertz CT molecular complexity index is 252. The first-order valence-corrected chi connectivity index (χ1v) is 4.31. The molecule has 0 saturated heterocycles. The van der Waals surface area contributed by atoms with Crippen LogP contribution in [-0.4, -0.2) is 38.0 Å². The molecule has 7 heteroatoms. The second-order valence-electron chi connectivity index (χ2n) is 2.69. The highest BCUT2D eigenvalue weighted by molar-refractivity contribution is 5.98. The molecule has 0 aliphatic carbocycles. The topological polar surface area (TPSA) is 103 Å². The molecule has 0 rings (SSSR count). The first-order chi connectivity index (χ1) is 7.06. The number of nitrogens with zero attached hydrogens (tertiary/aromatic N) is 1. The van der Waals surface area contributed by atoms with Gasteiger partial charge >= 0.3 is 5.97 Å². The summed E-state index contributed by atoms with van der Waals surface area (Å²) in [7, 11) is 1.53. The molecule has 0 aliphatic heterocycles. The standard InChI is InChI=1S/C8H15N3O4/c1-6(12)15-11-7(9)5-8(13)10-3-4-14-2/h3-5H2,1-2H3,(H2,9,11)(H,10,13). The minimum absolute atomic E-state index is 0.0554. The molecule has 7 nitrogen and oxygen atoms in total. The lowest BCUT2D eigenvalue weighted by Gasteiger charge is -2.03. The Labute approximate surface area is 87.6 Å². The van der Waals surface area contributed by atoms with Gasteiger partial charge in [0, 0.05) is 20.6 Å². The van der Waals surface area contributed by atoms with Gasteiger partial charge in [-0.3, -0.25) is 4.79 Å². The number of hydrogen-bond acceptors (Lipinski definition) is 5. The summed E-state index contributed by atoms with van der Waals surface area (Å²) in [6.07, 6.45) is -0.114. The van der Waals surface area contributed by atoms with Crippen molar-refractivity contribution in [3.8, 4) is 0 Å². The number of carbonyl (C=O) groups excluding carboxylic acids is 2. The third-order valence-electron chi connectivity index (χ3n) is 1.26. The molecule has 0 unspecified atom stereocenters. The largest absolute Gasteiger partial charge is 0.384 e. The molecule has 86 valence electrons. The summed E-state index contributed by atoms with van der Waals surface area (Å²) in [4.78, 5) is 25.7. The van der Waals surface area contributed by atoms with Gasteiger partial charge in [-0.15, -0.1) is 0 Å². The van der Waals surface area contributed by atoms with Crippen LogP contribution in [0, 0.1) is 0 Å². The molecule has 0 aromatic carbocycles. The zero-order valence-electron chi connectivity index (χ0n) is 8.78. The number of ether oxygens (including phenoxy) is 1. The Morgan fingerprint density at radius 3 is 2.67 bits per heavy atom. The van der Waals surface area contributed by atoms with Gasteiger partial charge in [-0.25, -0.2) is 4.79 Å². The predicted octanol–water partition coefficient (Wildman–Crippen LogP) is -1.03. The lowest BCUT2D eigenvalue weighted by Crippen LogP contribution is -2.31. The van der Waals surface area contributed by atoms with E-state index in [1.165, 1.54) is 14.0 Å². The Morgan fingerprint density at radius 2 is 2.13 bits per heavy atom. The lowest BCUT2D eigenvalue weighted by atomic mass is 10.4. The average Bonchev–Trinajstić information content (AvgIpc) is 2.15. The molecule has 0 fully saturated rings. The van der Waals surface area contributed by atoms with Crippen molar-refractivity contribution in [1.82, 2.24) is 5.32 Å². The summed E-state index contributed by atoms with van der Waals surface area (Å²) in [5.41, 5.74) is 5.31. The van der Waals surface area contributed by atoms with Crippen molar-refractivity contribution in [3.63, 3.8) is 0 Å². The zero-order chi connectivity index (χ0) is 11.7. The minimum Gasteiger partial charge on any atom is -0.384 e. The van der Waals surface area contributed by atoms with E-state index < -0.39 is 5.97 Å². The maximum Gasteiger partial charge on any atom is 0.332 e. The predicted molar refractivity (Wildman–Crippen MR) is 52.9 cm³/mol. The van der Waals surface area contributed by atoms with Crippen molar-refractivity contribution in [2.24, 2.45) is 10.9 Å². The van der Waals surface area contributed by atoms with Crippen LogP contribution in [0.1, 0.15) is 13.3 Å². The molecule has 0 atom stereocenters. The van der Waals surface area contributed by atoms with Gasteiger partial charge < -0.3 is 20.6 Å². The summed E-state index contributed by atoms with van der Waals surface area (Å²) in [5.74, 6) is -0.946. The number of hydrogen-bond donors (Lipinski definition) is 2. The van der Waals surface area contributed by atoms with Gasteiger partial charge in [0.1, 0.15) is 5.84 Å². The summed E-state index contributed by atoms with van der Waals surface area (Å²) in [6.45, 7) is 2.01. The van der Waals surface area contributed by atoms with Gasteiger partial charge in [0.05, 0.1) is 13.0 Å². The van der Waals surface area contributed by atoms with E-state index in [4.69, 9.17) is 10.5 Å². The molecule has 0 heterocycles. The molecule has 0 aliphatic rings. The van der Waals surface area contributed by atoms with E-state index in [0.29, 0.717) is 13.2 Å². The molecule has 0 bridgehead atoms.